The first-order valence-electron chi connectivity index (χ1n) is 10.6. The lowest BCUT2D eigenvalue weighted by molar-refractivity contribution is -0.0211. The van der Waals surface area contributed by atoms with Crippen molar-refractivity contribution in [3.8, 4) is 21.8 Å². The predicted molar refractivity (Wildman–Crippen MR) is 127 cm³/mol. The van der Waals surface area contributed by atoms with E-state index >= 15 is 0 Å². The highest BCUT2D eigenvalue weighted by atomic mass is 32.1. The SMILES string of the molecule is CC1(C)Cc2ccncc2[C@]1(O)c1cccc(-c2csc(-c3c[nH]c4ncccc34)n2)c1. The molecule has 2 N–H and O–H groups in total. The second-order valence-corrected chi connectivity index (χ2v) is 9.88. The van der Waals surface area contributed by atoms with Crippen molar-refractivity contribution in [2.24, 2.45) is 5.41 Å². The Balaban J connectivity index is 1.43. The third kappa shape index (κ3) is 2.70. The molecule has 0 amide bonds. The quantitative estimate of drug-likeness (QED) is 0.386. The van der Waals surface area contributed by atoms with Crippen LogP contribution in [0.5, 0.6) is 0 Å². The van der Waals surface area contributed by atoms with E-state index in [9.17, 15) is 5.11 Å². The standard InChI is InChI=1S/C26H22N4OS/c1-25(2)12-17-8-10-27-14-21(17)26(25,31)18-6-3-5-16(11-18)22-15-32-24(30-22)20-13-29-23-19(20)7-4-9-28-23/h3-11,13-15,31H,12H2,1-2H3,(H,28,29)/t26-/m1/s1. The number of aromatic nitrogens is 4. The van der Waals surface area contributed by atoms with Crippen LogP contribution < -0.4 is 0 Å². The summed E-state index contributed by atoms with van der Waals surface area (Å²) in [6, 6.07) is 14.1. The number of nitrogens with zero attached hydrogens (tertiary/aromatic N) is 3. The van der Waals surface area contributed by atoms with E-state index in [1.54, 1.807) is 23.7 Å². The first-order chi connectivity index (χ1) is 15.5. The Morgan fingerprint density at radius 2 is 2.00 bits per heavy atom. The summed E-state index contributed by atoms with van der Waals surface area (Å²) in [5.41, 5.74) is 5.28. The fraction of sp³-hybridized carbons (Fsp3) is 0.192. The van der Waals surface area contributed by atoms with Crippen molar-refractivity contribution in [3.05, 3.63) is 89.3 Å². The number of H-pyrrole nitrogens is 1. The van der Waals surface area contributed by atoms with Crippen LogP contribution in [0.25, 0.3) is 32.9 Å². The monoisotopic (exact) mass is 438 g/mol. The van der Waals surface area contributed by atoms with Gasteiger partial charge in [0, 0.05) is 57.7 Å². The lowest BCUT2D eigenvalue weighted by atomic mass is 9.71. The third-order valence-electron chi connectivity index (χ3n) is 6.67. The van der Waals surface area contributed by atoms with Gasteiger partial charge in [-0.05, 0) is 41.8 Å². The number of pyridine rings is 2. The van der Waals surface area contributed by atoms with Crippen LogP contribution >= 0.6 is 11.3 Å². The minimum absolute atomic E-state index is 0.346. The molecule has 32 heavy (non-hydrogen) atoms. The van der Waals surface area contributed by atoms with Gasteiger partial charge in [-0.15, -0.1) is 11.3 Å². The van der Waals surface area contributed by atoms with Crippen molar-refractivity contribution in [2.75, 3.05) is 0 Å². The molecular weight excluding hydrogens is 416 g/mol. The molecule has 0 spiro atoms. The van der Waals surface area contributed by atoms with E-state index in [1.807, 2.05) is 36.7 Å². The van der Waals surface area contributed by atoms with E-state index < -0.39 is 5.60 Å². The lowest BCUT2D eigenvalue weighted by Gasteiger charge is -2.38. The molecule has 4 heterocycles. The number of aliphatic hydroxyl groups is 1. The summed E-state index contributed by atoms with van der Waals surface area (Å²) in [6.45, 7) is 4.23. The summed E-state index contributed by atoms with van der Waals surface area (Å²) in [5.74, 6) is 0. The van der Waals surface area contributed by atoms with Crippen LogP contribution in [0.3, 0.4) is 0 Å². The highest BCUT2D eigenvalue weighted by Gasteiger charge is 2.52. The molecule has 0 radical (unpaired) electrons. The van der Waals surface area contributed by atoms with Gasteiger partial charge in [-0.3, -0.25) is 4.98 Å². The maximum atomic E-state index is 12.0. The van der Waals surface area contributed by atoms with Gasteiger partial charge < -0.3 is 10.1 Å². The molecule has 0 unspecified atom stereocenters. The van der Waals surface area contributed by atoms with Gasteiger partial charge in [0.2, 0.25) is 0 Å². The van der Waals surface area contributed by atoms with Crippen LogP contribution in [0.4, 0.5) is 0 Å². The summed E-state index contributed by atoms with van der Waals surface area (Å²) in [4.78, 5) is 16.8. The maximum Gasteiger partial charge on any atom is 0.137 e. The van der Waals surface area contributed by atoms with E-state index in [2.05, 4.69) is 52.4 Å². The highest BCUT2D eigenvalue weighted by Crippen LogP contribution is 2.53. The molecule has 5 nitrogen and oxygen atoms in total. The van der Waals surface area contributed by atoms with E-state index in [4.69, 9.17) is 4.98 Å². The number of benzene rings is 1. The van der Waals surface area contributed by atoms with Crippen molar-refractivity contribution < 1.29 is 5.11 Å². The van der Waals surface area contributed by atoms with Crippen LogP contribution in [-0.4, -0.2) is 25.0 Å². The molecule has 6 rings (SSSR count). The van der Waals surface area contributed by atoms with Crippen LogP contribution in [0.15, 0.2) is 72.6 Å². The first kappa shape index (κ1) is 19.3. The summed E-state index contributed by atoms with van der Waals surface area (Å²) in [7, 11) is 0. The van der Waals surface area contributed by atoms with Crippen LogP contribution in [0.1, 0.15) is 30.5 Å². The van der Waals surface area contributed by atoms with Crippen molar-refractivity contribution in [3.63, 3.8) is 0 Å². The van der Waals surface area contributed by atoms with Gasteiger partial charge in [0.05, 0.1) is 5.69 Å². The van der Waals surface area contributed by atoms with Gasteiger partial charge in [0.25, 0.3) is 0 Å². The molecule has 1 atom stereocenters. The molecule has 1 aliphatic rings. The number of hydrogen-bond acceptors (Lipinski definition) is 5. The third-order valence-corrected chi connectivity index (χ3v) is 7.55. The van der Waals surface area contributed by atoms with Crippen LogP contribution in [0.2, 0.25) is 0 Å². The number of fused-ring (bicyclic) bond motifs is 2. The molecule has 0 saturated heterocycles. The van der Waals surface area contributed by atoms with Crippen molar-refractivity contribution in [1.82, 2.24) is 19.9 Å². The van der Waals surface area contributed by atoms with Crippen LogP contribution in [-0.2, 0) is 12.0 Å². The van der Waals surface area contributed by atoms with Gasteiger partial charge in [-0.1, -0.05) is 32.0 Å². The zero-order chi connectivity index (χ0) is 21.9. The molecule has 1 aromatic carbocycles. The highest BCUT2D eigenvalue weighted by molar-refractivity contribution is 7.13. The zero-order valence-corrected chi connectivity index (χ0v) is 18.6. The summed E-state index contributed by atoms with van der Waals surface area (Å²) in [6.07, 6.45) is 8.16. The van der Waals surface area contributed by atoms with E-state index in [1.165, 1.54) is 0 Å². The summed E-state index contributed by atoms with van der Waals surface area (Å²) >= 11 is 1.61. The summed E-state index contributed by atoms with van der Waals surface area (Å²) in [5, 5.41) is 16.1. The average molecular weight is 439 g/mol. The fourth-order valence-electron chi connectivity index (χ4n) is 4.98. The molecule has 1 aliphatic carbocycles. The predicted octanol–water partition coefficient (Wildman–Crippen LogP) is 5.57. The van der Waals surface area contributed by atoms with Crippen molar-refractivity contribution in [2.45, 2.75) is 25.9 Å². The molecule has 6 heteroatoms. The normalized spacial score (nSPS) is 19.3. The smallest absolute Gasteiger partial charge is 0.137 e. The topological polar surface area (TPSA) is 74.7 Å². The second kappa shape index (κ2) is 6.82. The van der Waals surface area contributed by atoms with E-state index in [-0.39, 0.29) is 5.41 Å². The summed E-state index contributed by atoms with van der Waals surface area (Å²) < 4.78 is 0. The molecule has 0 saturated carbocycles. The Morgan fingerprint density at radius 1 is 1.09 bits per heavy atom. The second-order valence-electron chi connectivity index (χ2n) is 9.02. The number of thiazole rings is 1. The largest absolute Gasteiger partial charge is 0.380 e. The molecule has 0 bridgehead atoms. The van der Waals surface area contributed by atoms with Gasteiger partial charge in [0.15, 0.2) is 0 Å². The Labute approximate surface area is 189 Å². The maximum absolute atomic E-state index is 12.0. The number of hydrogen-bond donors (Lipinski definition) is 2. The molecule has 0 fully saturated rings. The fourth-order valence-corrected chi connectivity index (χ4v) is 5.84. The van der Waals surface area contributed by atoms with E-state index in [0.717, 1.165) is 56.0 Å². The first-order valence-corrected chi connectivity index (χ1v) is 11.5. The van der Waals surface area contributed by atoms with E-state index in [0.29, 0.717) is 0 Å². The number of aromatic amines is 1. The van der Waals surface area contributed by atoms with Crippen LogP contribution in [0, 0.1) is 5.41 Å². The molecular formula is C26H22N4OS. The minimum Gasteiger partial charge on any atom is -0.380 e. The van der Waals surface area contributed by atoms with Gasteiger partial charge in [0.1, 0.15) is 16.3 Å². The van der Waals surface area contributed by atoms with Gasteiger partial charge >= 0.3 is 0 Å². The molecule has 158 valence electrons. The molecule has 5 aromatic rings. The Hall–Kier alpha value is -3.35. The number of nitrogens with one attached hydrogen (secondary N) is 1. The zero-order valence-electron chi connectivity index (χ0n) is 17.8. The Kier molecular flexibility index (Phi) is 4.12. The minimum atomic E-state index is -1.10. The number of rotatable bonds is 3. The average Bonchev–Trinajstić information content (AvgIpc) is 3.50. The van der Waals surface area contributed by atoms with Crippen molar-refractivity contribution in [1.29, 1.82) is 0 Å². The lowest BCUT2D eigenvalue weighted by Crippen LogP contribution is -2.39. The van der Waals surface area contributed by atoms with Gasteiger partial charge in [-0.25, -0.2) is 9.97 Å². The Morgan fingerprint density at radius 3 is 2.91 bits per heavy atom. The van der Waals surface area contributed by atoms with Crippen molar-refractivity contribution >= 4 is 22.4 Å². The molecule has 4 aromatic heterocycles. The Bertz CT molecular complexity index is 1470. The van der Waals surface area contributed by atoms with Gasteiger partial charge in [-0.2, -0.15) is 0 Å². The molecule has 0 aliphatic heterocycles.